The predicted molar refractivity (Wildman–Crippen MR) is 57.5 cm³/mol. The maximum Gasteiger partial charge on any atom is 0.164 e. The van der Waals surface area contributed by atoms with Crippen molar-refractivity contribution in [1.29, 1.82) is 0 Å². The van der Waals surface area contributed by atoms with Crippen molar-refractivity contribution >= 4 is 17.5 Å². The van der Waals surface area contributed by atoms with E-state index in [-0.39, 0.29) is 11.7 Å². The van der Waals surface area contributed by atoms with Gasteiger partial charge in [0.15, 0.2) is 5.78 Å². The number of carbonyl (C=O) groups excluding carboxylic acids is 1. The average Bonchev–Trinajstić information content (AvgIpc) is 2.55. The van der Waals surface area contributed by atoms with Gasteiger partial charge < -0.3 is 5.32 Å². The summed E-state index contributed by atoms with van der Waals surface area (Å²) in [4.78, 5) is 11.4. The van der Waals surface area contributed by atoms with E-state index in [0.29, 0.717) is 6.04 Å². The zero-order chi connectivity index (χ0) is 9.68. The van der Waals surface area contributed by atoms with Crippen molar-refractivity contribution in [3.8, 4) is 0 Å². The van der Waals surface area contributed by atoms with Gasteiger partial charge in [0.1, 0.15) is 0 Å². The number of thioether (sulfide) groups is 1. The molecule has 1 N–H and O–H groups in total. The van der Waals surface area contributed by atoms with Crippen LogP contribution in [0.2, 0.25) is 0 Å². The maximum absolute atomic E-state index is 11.4. The van der Waals surface area contributed by atoms with E-state index in [1.165, 1.54) is 0 Å². The van der Waals surface area contributed by atoms with E-state index in [1.807, 2.05) is 25.3 Å². The Labute approximate surface area is 83.5 Å². The monoisotopic (exact) mass is 197 g/mol. The van der Waals surface area contributed by atoms with E-state index in [2.05, 4.69) is 5.32 Å². The second-order valence-electron chi connectivity index (χ2n) is 3.33. The molecule has 0 aromatic heterocycles. The first-order valence-electron chi connectivity index (χ1n) is 4.45. The fourth-order valence-corrected chi connectivity index (χ4v) is 1.88. The summed E-state index contributed by atoms with van der Waals surface area (Å²) in [7, 11) is 0. The van der Waals surface area contributed by atoms with Crippen LogP contribution in [-0.4, -0.2) is 17.6 Å². The van der Waals surface area contributed by atoms with Gasteiger partial charge in [0, 0.05) is 23.9 Å². The highest BCUT2D eigenvalue weighted by Gasteiger charge is 2.15. The third kappa shape index (κ3) is 3.68. The lowest BCUT2D eigenvalue weighted by molar-refractivity contribution is -0.116. The van der Waals surface area contributed by atoms with Crippen LogP contribution in [-0.2, 0) is 4.79 Å². The fraction of sp³-hybridized carbons (Fsp3) is 0.500. The minimum atomic E-state index is 0.0928. The van der Waals surface area contributed by atoms with E-state index >= 15 is 0 Å². The van der Waals surface area contributed by atoms with E-state index < -0.39 is 0 Å². The van der Waals surface area contributed by atoms with Crippen LogP contribution in [0.5, 0.6) is 0 Å². The van der Waals surface area contributed by atoms with E-state index in [1.54, 1.807) is 24.0 Å². The second-order valence-corrected chi connectivity index (χ2v) is 4.26. The van der Waals surface area contributed by atoms with Gasteiger partial charge in [0.2, 0.25) is 0 Å². The topological polar surface area (TPSA) is 29.1 Å². The first-order chi connectivity index (χ1) is 6.20. The molecule has 0 saturated heterocycles. The molecule has 1 heterocycles. The van der Waals surface area contributed by atoms with E-state index in [4.69, 9.17) is 0 Å². The molecule has 72 valence electrons. The molecule has 1 aliphatic rings. The normalized spacial score (nSPS) is 21.6. The van der Waals surface area contributed by atoms with Crippen LogP contribution < -0.4 is 5.32 Å². The van der Waals surface area contributed by atoms with Crippen molar-refractivity contribution in [3.63, 3.8) is 0 Å². The van der Waals surface area contributed by atoms with Crippen molar-refractivity contribution in [2.45, 2.75) is 19.9 Å². The Hall–Kier alpha value is -0.700. The summed E-state index contributed by atoms with van der Waals surface area (Å²) in [6.07, 6.45) is 5.33. The molecule has 1 aliphatic heterocycles. The highest BCUT2D eigenvalue weighted by Crippen LogP contribution is 2.20. The molecule has 2 nitrogen and oxygen atoms in total. The minimum absolute atomic E-state index is 0.0928. The average molecular weight is 197 g/mol. The molecule has 13 heavy (non-hydrogen) atoms. The van der Waals surface area contributed by atoms with Gasteiger partial charge in [-0.05, 0) is 25.3 Å². The van der Waals surface area contributed by atoms with Crippen LogP contribution in [0.1, 0.15) is 13.8 Å². The van der Waals surface area contributed by atoms with Gasteiger partial charge in [-0.15, -0.1) is 11.8 Å². The number of hydrogen-bond acceptors (Lipinski definition) is 3. The van der Waals surface area contributed by atoms with E-state index in [9.17, 15) is 4.79 Å². The lowest BCUT2D eigenvalue weighted by Gasteiger charge is -2.04. The Bertz CT molecular complexity index is 233. The Morgan fingerprint density at radius 2 is 2.46 bits per heavy atom. The predicted octanol–water partition coefficient (Wildman–Crippen LogP) is 1.94. The van der Waals surface area contributed by atoms with Crippen LogP contribution >= 0.6 is 11.8 Å². The first kappa shape index (κ1) is 10.4. The molecule has 0 saturated carbocycles. The molecule has 3 heteroatoms. The minimum Gasteiger partial charge on any atom is -0.389 e. The first-order valence-corrected chi connectivity index (χ1v) is 5.49. The number of allylic oxidation sites excluding steroid dienone is 2. The summed E-state index contributed by atoms with van der Waals surface area (Å²) in [5.41, 5.74) is 0. The molecule has 0 aliphatic carbocycles. The van der Waals surface area contributed by atoms with Crippen LogP contribution in [0.25, 0.3) is 0 Å². The molecule has 0 spiro atoms. The smallest absolute Gasteiger partial charge is 0.164 e. The molecule has 1 unspecified atom stereocenters. The van der Waals surface area contributed by atoms with Crippen LogP contribution in [0.15, 0.2) is 23.8 Å². The van der Waals surface area contributed by atoms with Crippen LogP contribution in [0.4, 0.5) is 0 Å². The van der Waals surface area contributed by atoms with Crippen LogP contribution in [0.3, 0.4) is 0 Å². The molecule has 1 atom stereocenters. The second kappa shape index (κ2) is 5.12. The zero-order valence-corrected chi connectivity index (χ0v) is 8.80. The summed E-state index contributed by atoms with van der Waals surface area (Å²) in [5, 5.41) is 5.06. The van der Waals surface area contributed by atoms with Crippen LogP contribution in [0, 0.1) is 5.92 Å². The quantitative estimate of drug-likeness (QED) is 0.698. The molecule has 0 aromatic carbocycles. The van der Waals surface area contributed by atoms with Crippen molar-refractivity contribution in [1.82, 2.24) is 5.32 Å². The summed E-state index contributed by atoms with van der Waals surface area (Å²) in [6, 6.07) is 0.387. The molecule has 0 bridgehead atoms. The molecule has 0 fully saturated rings. The summed E-state index contributed by atoms with van der Waals surface area (Å²) in [6.45, 7) is 4.08. The molecule has 1 rings (SSSR count). The molecular formula is C10H15NOS. The van der Waals surface area contributed by atoms with Crippen molar-refractivity contribution in [2.75, 3.05) is 5.75 Å². The Kier molecular flexibility index (Phi) is 4.09. The molecule has 0 amide bonds. The lowest BCUT2D eigenvalue weighted by atomic mass is 10.1. The molecule has 0 radical (unpaired) electrons. The standard InChI is InChI=1S/C10H15NOS/c1-8(2)11-5-3-10(12)9-4-6-13-7-9/h3-6,8-9,11H,7H2,1-2H3/b5-3-. The third-order valence-corrected chi connectivity index (χ3v) is 2.63. The fourth-order valence-electron chi connectivity index (χ4n) is 0.988. The number of hydrogen-bond donors (Lipinski definition) is 1. The molecular weight excluding hydrogens is 182 g/mol. The van der Waals surface area contributed by atoms with Gasteiger partial charge in [-0.2, -0.15) is 0 Å². The van der Waals surface area contributed by atoms with Crippen molar-refractivity contribution < 1.29 is 4.79 Å². The maximum atomic E-state index is 11.4. The Balaban J connectivity index is 2.31. The number of ketones is 1. The highest BCUT2D eigenvalue weighted by atomic mass is 32.2. The van der Waals surface area contributed by atoms with Gasteiger partial charge in [0.05, 0.1) is 0 Å². The lowest BCUT2D eigenvalue weighted by Crippen LogP contribution is -2.17. The molecule has 0 aromatic rings. The van der Waals surface area contributed by atoms with Gasteiger partial charge in [-0.3, -0.25) is 4.79 Å². The van der Waals surface area contributed by atoms with Gasteiger partial charge in [-0.1, -0.05) is 6.08 Å². The van der Waals surface area contributed by atoms with Crippen molar-refractivity contribution in [3.05, 3.63) is 23.8 Å². The number of nitrogens with one attached hydrogen (secondary N) is 1. The summed E-state index contributed by atoms with van der Waals surface area (Å²) < 4.78 is 0. The third-order valence-electron chi connectivity index (χ3n) is 1.73. The van der Waals surface area contributed by atoms with Gasteiger partial charge in [-0.25, -0.2) is 0 Å². The SMILES string of the molecule is CC(C)N/C=C\C(=O)C1C=CSC1. The summed E-state index contributed by atoms with van der Waals surface area (Å²) in [5.74, 6) is 1.18. The van der Waals surface area contributed by atoms with Gasteiger partial charge >= 0.3 is 0 Å². The zero-order valence-electron chi connectivity index (χ0n) is 7.99. The van der Waals surface area contributed by atoms with Crippen molar-refractivity contribution in [2.24, 2.45) is 5.92 Å². The highest BCUT2D eigenvalue weighted by molar-refractivity contribution is 8.02. The number of rotatable bonds is 4. The number of carbonyl (C=O) groups is 1. The Morgan fingerprint density at radius 1 is 1.69 bits per heavy atom. The van der Waals surface area contributed by atoms with E-state index in [0.717, 1.165) is 5.75 Å². The summed E-state index contributed by atoms with van der Waals surface area (Å²) >= 11 is 1.69. The largest absolute Gasteiger partial charge is 0.389 e. The van der Waals surface area contributed by atoms with Gasteiger partial charge in [0.25, 0.3) is 0 Å². The Morgan fingerprint density at radius 3 is 3.00 bits per heavy atom.